The summed E-state index contributed by atoms with van der Waals surface area (Å²) in [6, 6.07) is 7.34. The van der Waals surface area contributed by atoms with Gasteiger partial charge in [0.25, 0.3) is 5.91 Å². The second kappa shape index (κ2) is 7.61. The molecule has 1 aliphatic heterocycles. The molecule has 0 aliphatic carbocycles. The Kier molecular flexibility index (Phi) is 5.80. The van der Waals surface area contributed by atoms with Crippen LogP contribution in [0.25, 0.3) is 0 Å². The van der Waals surface area contributed by atoms with E-state index in [4.69, 9.17) is 9.47 Å². The molecule has 1 heterocycles. The third-order valence-corrected chi connectivity index (χ3v) is 3.98. The van der Waals surface area contributed by atoms with E-state index < -0.39 is 0 Å². The first-order chi connectivity index (χ1) is 10.5. The van der Waals surface area contributed by atoms with Crippen LogP contribution in [-0.2, 0) is 4.74 Å². The molecule has 122 valence electrons. The van der Waals surface area contributed by atoms with Crippen molar-refractivity contribution in [2.75, 3.05) is 39.5 Å². The minimum absolute atomic E-state index is 0.0922. The van der Waals surface area contributed by atoms with Crippen LogP contribution in [0.15, 0.2) is 24.3 Å². The first-order valence-corrected chi connectivity index (χ1v) is 7.87. The lowest BCUT2D eigenvalue weighted by Crippen LogP contribution is -2.55. The van der Waals surface area contributed by atoms with E-state index in [2.05, 4.69) is 24.1 Å². The molecule has 22 heavy (non-hydrogen) atoms. The van der Waals surface area contributed by atoms with Crippen molar-refractivity contribution in [3.8, 4) is 5.75 Å². The Morgan fingerprint density at radius 1 is 1.32 bits per heavy atom. The Balaban J connectivity index is 1.97. The standard InChI is InChI=1S/C17H26N2O3/c1-4-22-15-8-6-5-7-14(15)16(20)18-13-17(2,3)19-9-11-21-12-10-19/h5-8H,4,9-13H2,1-3H3,(H,18,20). The van der Waals surface area contributed by atoms with Gasteiger partial charge in [0.15, 0.2) is 0 Å². The molecule has 1 fully saturated rings. The van der Waals surface area contributed by atoms with E-state index in [9.17, 15) is 4.79 Å². The number of rotatable bonds is 6. The molecule has 0 bridgehead atoms. The average Bonchev–Trinajstić information content (AvgIpc) is 2.54. The molecule has 5 nitrogen and oxygen atoms in total. The highest BCUT2D eigenvalue weighted by Gasteiger charge is 2.28. The summed E-state index contributed by atoms with van der Waals surface area (Å²) in [5.74, 6) is 0.539. The molecule has 1 saturated heterocycles. The maximum Gasteiger partial charge on any atom is 0.255 e. The number of para-hydroxylation sites is 1. The van der Waals surface area contributed by atoms with E-state index in [0.29, 0.717) is 24.5 Å². The van der Waals surface area contributed by atoms with Gasteiger partial charge in [-0.05, 0) is 32.9 Å². The fourth-order valence-corrected chi connectivity index (χ4v) is 2.61. The lowest BCUT2D eigenvalue weighted by Gasteiger charge is -2.40. The van der Waals surface area contributed by atoms with Crippen molar-refractivity contribution in [2.24, 2.45) is 0 Å². The van der Waals surface area contributed by atoms with Crippen LogP contribution < -0.4 is 10.1 Å². The van der Waals surface area contributed by atoms with Crippen molar-refractivity contribution in [1.82, 2.24) is 10.2 Å². The molecule has 1 aromatic carbocycles. The number of nitrogens with one attached hydrogen (secondary N) is 1. The van der Waals surface area contributed by atoms with Crippen molar-refractivity contribution >= 4 is 5.91 Å². The second-order valence-electron chi connectivity index (χ2n) is 6.02. The van der Waals surface area contributed by atoms with E-state index in [1.54, 1.807) is 6.07 Å². The molecule has 0 atom stereocenters. The quantitative estimate of drug-likeness (QED) is 0.872. The minimum Gasteiger partial charge on any atom is -0.493 e. The third kappa shape index (κ3) is 4.21. The van der Waals surface area contributed by atoms with Gasteiger partial charge in [0.05, 0.1) is 25.4 Å². The van der Waals surface area contributed by atoms with Crippen LogP contribution in [0.3, 0.4) is 0 Å². The van der Waals surface area contributed by atoms with E-state index >= 15 is 0 Å². The van der Waals surface area contributed by atoms with Crippen LogP contribution in [0.4, 0.5) is 0 Å². The van der Waals surface area contributed by atoms with Gasteiger partial charge in [-0.2, -0.15) is 0 Å². The van der Waals surface area contributed by atoms with Crippen molar-refractivity contribution in [3.05, 3.63) is 29.8 Å². The maximum absolute atomic E-state index is 12.4. The highest BCUT2D eigenvalue weighted by atomic mass is 16.5. The van der Waals surface area contributed by atoms with Crippen LogP contribution >= 0.6 is 0 Å². The molecular formula is C17H26N2O3. The predicted octanol–water partition coefficient (Wildman–Crippen LogP) is 1.93. The highest BCUT2D eigenvalue weighted by Crippen LogP contribution is 2.19. The lowest BCUT2D eigenvalue weighted by atomic mass is 10.0. The van der Waals surface area contributed by atoms with Gasteiger partial charge >= 0.3 is 0 Å². The van der Waals surface area contributed by atoms with Crippen molar-refractivity contribution in [1.29, 1.82) is 0 Å². The van der Waals surface area contributed by atoms with Crippen LogP contribution in [0.5, 0.6) is 5.75 Å². The van der Waals surface area contributed by atoms with Gasteiger partial charge in [-0.15, -0.1) is 0 Å². The summed E-state index contributed by atoms with van der Waals surface area (Å²) >= 11 is 0. The summed E-state index contributed by atoms with van der Waals surface area (Å²) in [5, 5.41) is 3.03. The molecule has 0 aromatic heterocycles. The zero-order chi connectivity index (χ0) is 16.0. The Labute approximate surface area is 132 Å². The summed E-state index contributed by atoms with van der Waals surface area (Å²) in [6.45, 7) is 10.7. The Hall–Kier alpha value is -1.59. The van der Waals surface area contributed by atoms with Crippen molar-refractivity contribution in [2.45, 2.75) is 26.3 Å². The Morgan fingerprint density at radius 2 is 2.00 bits per heavy atom. The number of hydrogen-bond donors (Lipinski definition) is 1. The zero-order valence-corrected chi connectivity index (χ0v) is 13.7. The first-order valence-electron chi connectivity index (χ1n) is 7.87. The minimum atomic E-state index is -0.0972. The number of amides is 1. The molecule has 1 aromatic rings. The highest BCUT2D eigenvalue weighted by molar-refractivity contribution is 5.96. The summed E-state index contributed by atoms with van der Waals surface area (Å²) in [4.78, 5) is 14.8. The molecule has 0 radical (unpaired) electrons. The lowest BCUT2D eigenvalue weighted by molar-refractivity contribution is -0.00924. The van der Waals surface area contributed by atoms with E-state index in [1.807, 2.05) is 25.1 Å². The number of ether oxygens (including phenoxy) is 2. The van der Waals surface area contributed by atoms with Gasteiger partial charge in [0.1, 0.15) is 5.75 Å². The fourth-order valence-electron chi connectivity index (χ4n) is 2.61. The van der Waals surface area contributed by atoms with Crippen LogP contribution in [0, 0.1) is 0 Å². The van der Waals surface area contributed by atoms with Gasteiger partial charge in [-0.3, -0.25) is 9.69 Å². The van der Waals surface area contributed by atoms with Crippen molar-refractivity contribution in [3.63, 3.8) is 0 Å². The molecule has 1 aliphatic rings. The van der Waals surface area contributed by atoms with E-state index in [-0.39, 0.29) is 11.4 Å². The van der Waals surface area contributed by atoms with E-state index in [1.165, 1.54) is 0 Å². The van der Waals surface area contributed by atoms with Gasteiger partial charge in [0, 0.05) is 25.2 Å². The predicted molar refractivity (Wildman–Crippen MR) is 86.4 cm³/mol. The first kappa shape index (κ1) is 16.8. The van der Waals surface area contributed by atoms with E-state index in [0.717, 1.165) is 26.3 Å². The Morgan fingerprint density at radius 3 is 2.68 bits per heavy atom. The summed E-state index contributed by atoms with van der Waals surface area (Å²) in [7, 11) is 0. The largest absolute Gasteiger partial charge is 0.493 e. The normalized spacial score (nSPS) is 16.3. The molecule has 5 heteroatoms. The maximum atomic E-state index is 12.4. The molecule has 2 rings (SSSR count). The number of morpholine rings is 1. The smallest absolute Gasteiger partial charge is 0.255 e. The number of carbonyl (C=O) groups excluding carboxylic acids is 1. The Bertz CT molecular complexity index is 496. The molecule has 1 N–H and O–H groups in total. The van der Waals surface area contributed by atoms with Gasteiger partial charge in [-0.1, -0.05) is 12.1 Å². The summed E-state index contributed by atoms with van der Waals surface area (Å²) < 4.78 is 10.9. The number of benzene rings is 1. The molecule has 0 unspecified atom stereocenters. The summed E-state index contributed by atoms with van der Waals surface area (Å²) in [6.07, 6.45) is 0. The van der Waals surface area contributed by atoms with Crippen LogP contribution in [0.2, 0.25) is 0 Å². The average molecular weight is 306 g/mol. The number of hydrogen-bond acceptors (Lipinski definition) is 4. The monoisotopic (exact) mass is 306 g/mol. The molecule has 0 saturated carbocycles. The number of carbonyl (C=O) groups is 1. The fraction of sp³-hybridized carbons (Fsp3) is 0.588. The van der Waals surface area contributed by atoms with Crippen LogP contribution in [-0.4, -0.2) is 55.8 Å². The number of nitrogens with zero attached hydrogens (tertiary/aromatic N) is 1. The SMILES string of the molecule is CCOc1ccccc1C(=O)NCC(C)(C)N1CCOCC1. The zero-order valence-electron chi connectivity index (χ0n) is 13.7. The third-order valence-electron chi connectivity index (χ3n) is 3.98. The van der Waals surface area contributed by atoms with Gasteiger partial charge < -0.3 is 14.8 Å². The van der Waals surface area contributed by atoms with Gasteiger partial charge in [0.2, 0.25) is 0 Å². The topological polar surface area (TPSA) is 50.8 Å². The van der Waals surface area contributed by atoms with Gasteiger partial charge in [-0.25, -0.2) is 0 Å². The molecule has 0 spiro atoms. The summed E-state index contributed by atoms with van der Waals surface area (Å²) in [5.41, 5.74) is 0.488. The second-order valence-corrected chi connectivity index (χ2v) is 6.02. The van der Waals surface area contributed by atoms with Crippen LogP contribution in [0.1, 0.15) is 31.1 Å². The molecule has 1 amide bonds. The molecular weight excluding hydrogens is 280 g/mol. The van der Waals surface area contributed by atoms with Crippen molar-refractivity contribution < 1.29 is 14.3 Å².